The molecule has 0 aliphatic rings. The summed E-state index contributed by atoms with van der Waals surface area (Å²) in [5.74, 6) is -0.524. The molecule has 6 aromatic carbocycles. The van der Waals surface area contributed by atoms with Crippen LogP contribution < -0.4 is 0 Å². The number of hydrogen-bond donors (Lipinski definition) is 0. The summed E-state index contributed by atoms with van der Waals surface area (Å²) in [5, 5.41) is 35.9. The van der Waals surface area contributed by atoms with E-state index in [9.17, 15) is 20.6 Å². The van der Waals surface area contributed by atoms with E-state index in [0.717, 1.165) is 43.4 Å². The van der Waals surface area contributed by atoms with Gasteiger partial charge in [0.1, 0.15) is 6.61 Å². The number of carbonyl (C=O) groups excluding carboxylic acids is 1. The number of esters is 1. The molecule has 0 saturated heterocycles. The maximum Gasteiger partial charge on any atom is 0.339 e. The number of hydrogen-bond acceptors (Lipinski definition) is 5. The standard InChI is InChI=1S/C32H17N3O2/c1-18-7-9-24-23-11-12-26(32(36)37-17-19-5-3-2-4-6-19)28-20(14-33)8-10-25(30(23)28)29-22(16-35)13-21(15-34)27(18)31(24)29/h2-13H,17H2,1H3. The van der Waals surface area contributed by atoms with Gasteiger partial charge in [-0.15, -0.1) is 0 Å². The Balaban J connectivity index is 1.72. The van der Waals surface area contributed by atoms with Gasteiger partial charge in [-0.3, -0.25) is 0 Å². The zero-order chi connectivity index (χ0) is 25.7. The van der Waals surface area contributed by atoms with E-state index >= 15 is 0 Å². The summed E-state index contributed by atoms with van der Waals surface area (Å²) < 4.78 is 5.63. The van der Waals surface area contributed by atoms with Crippen LogP contribution in [0.4, 0.5) is 0 Å². The minimum Gasteiger partial charge on any atom is -0.457 e. The fraction of sp³-hybridized carbons (Fsp3) is 0.0625. The third-order valence-corrected chi connectivity index (χ3v) is 7.01. The molecule has 5 nitrogen and oxygen atoms in total. The number of ether oxygens (including phenoxy) is 1. The van der Waals surface area contributed by atoms with Gasteiger partial charge in [0.25, 0.3) is 0 Å². The largest absolute Gasteiger partial charge is 0.457 e. The van der Waals surface area contributed by atoms with Gasteiger partial charge in [-0.1, -0.05) is 54.6 Å². The third-order valence-electron chi connectivity index (χ3n) is 7.01. The number of nitriles is 3. The van der Waals surface area contributed by atoms with Crippen molar-refractivity contribution in [1.82, 2.24) is 0 Å². The monoisotopic (exact) mass is 475 g/mol. The Bertz CT molecular complexity index is 2040. The zero-order valence-corrected chi connectivity index (χ0v) is 19.8. The molecule has 0 atom stereocenters. The van der Waals surface area contributed by atoms with E-state index in [2.05, 4.69) is 18.2 Å². The Morgan fingerprint density at radius 3 is 2.05 bits per heavy atom. The Hall–Kier alpha value is -5.44. The summed E-state index contributed by atoms with van der Waals surface area (Å²) in [6, 6.07) is 28.8. The molecule has 5 heteroatoms. The highest BCUT2D eigenvalue weighted by atomic mass is 16.5. The molecule has 6 rings (SSSR count). The van der Waals surface area contributed by atoms with E-state index in [0.29, 0.717) is 33.0 Å². The van der Waals surface area contributed by atoms with Crippen LogP contribution in [-0.2, 0) is 11.3 Å². The molecular formula is C32H17N3O2. The van der Waals surface area contributed by atoms with Crippen LogP contribution in [0.15, 0.2) is 72.8 Å². The van der Waals surface area contributed by atoms with E-state index in [1.807, 2.05) is 61.5 Å². The van der Waals surface area contributed by atoms with Gasteiger partial charge in [-0.05, 0) is 57.8 Å². The summed E-state index contributed by atoms with van der Waals surface area (Å²) in [6.07, 6.45) is 0. The van der Waals surface area contributed by atoms with Gasteiger partial charge < -0.3 is 4.74 Å². The number of fused-ring (bicyclic) bond motifs is 2. The highest BCUT2D eigenvalue weighted by Gasteiger charge is 2.23. The van der Waals surface area contributed by atoms with Crippen molar-refractivity contribution >= 4 is 49.1 Å². The lowest BCUT2D eigenvalue weighted by molar-refractivity contribution is 0.0475. The Morgan fingerprint density at radius 1 is 0.676 bits per heavy atom. The van der Waals surface area contributed by atoms with Gasteiger partial charge in [0.05, 0.1) is 40.5 Å². The molecule has 0 N–H and O–H groups in total. The predicted molar refractivity (Wildman–Crippen MR) is 142 cm³/mol. The van der Waals surface area contributed by atoms with Crippen LogP contribution in [0, 0.1) is 40.9 Å². The topological polar surface area (TPSA) is 97.7 Å². The lowest BCUT2D eigenvalue weighted by Crippen LogP contribution is -2.07. The van der Waals surface area contributed by atoms with E-state index < -0.39 is 5.97 Å². The molecule has 0 unspecified atom stereocenters. The van der Waals surface area contributed by atoms with Gasteiger partial charge >= 0.3 is 5.97 Å². The zero-order valence-electron chi connectivity index (χ0n) is 19.8. The maximum atomic E-state index is 13.3. The fourth-order valence-electron chi connectivity index (χ4n) is 5.41. The second-order valence-corrected chi connectivity index (χ2v) is 9.00. The van der Waals surface area contributed by atoms with Crippen LogP contribution in [0.2, 0.25) is 0 Å². The van der Waals surface area contributed by atoms with Crippen molar-refractivity contribution in [3.63, 3.8) is 0 Å². The number of rotatable bonds is 3. The number of nitrogens with zero attached hydrogens (tertiary/aromatic N) is 3. The van der Waals surface area contributed by atoms with Crippen LogP contribution in [0.1, 0.15) is 38.2 Å². The molecule has 0 fully saturated rings. The summed E-state index contributed by atoms with van der Waals surface area (Å²) in [5.41, 5.74) is 3.28. The first-order chi connectivity index (χ1) is 18.1. The SMILES string of the molecule is Cc1ccc2c3ccc(C(=O)OCc4ccccc4)c4c(C#N)ccc(c5c(C#N)cc(C#N)c1c25)c43. The minimum absolute atomic E-state index is 0.113. The third kappa shape index (κ3) is 3.18. The molecule has 0 heterocycles. The summed E-state index contributed by atoms with van der Waals surface area (Å²) in [7, 11) is 0. The van der Waals surface area contributed by atoms with Crippen LogP contribution >= 0.6 is 0 Å². The van der Waals surface area contributed by atoms with Crippen LogP contribution in [0.5, 0.6) is 0 Å². The number of aryl methyl sites for hydroxylation is 1. The molecule has 0 aliphatic carbocycles. The molecule has 0 spiro atoms. The predicted octanol–water partition coefficient (Wildman–Crippen LogP) is 7.02. The van der Waals surface area contributed by atoms with E-state index in [-0.39, 0.29) is 6.61 Å². The second kappa shape index (κ2) is 8.35. The highest BCUT2D eigenvalue weighted by molar-refractivity contribution is 6.36. The number of benzene rings is 6. The maximum absolute atomic E-state index is 13.3. The molecule has 0 amide bonds. The van der Waals surface area contributed by atoms with E-state index in [1.165, 1.54) is 0 Å². The molecule has 0 bridgehead atoms. The normalized spacial score (nSPS) is 11.0. The molecular weight excluding hydrogens is 458 g/mol. The molecule has 0 aromatic heterocycles. The molecule has 0 saturated carbocycles. The van der Waals surface area contributed by atoms with Gasteiger partial charge in [-0.25, -0.2) is 4.79 Å². The Morgan fingerprint density at radius 2 is 1.32 bits per heavy atom. The Labute approximate surface area is 212 Å². The van der Waals surface area contributed by atoms with Crippen molar-refractivity contribution in [1.29, 1.82) is 15.8 Å². The molecule has 37 heavy (non-hydrogen) atoms. The number of carbonyl (C=O) groups is 1. The van der Waals surface area contributed by atoms with Crippen molar-refractivity contribution in [2.24, 2.45) is 0 Å². The van der Waals surface area contributed by atoms with Crippen molar-refractivity contribution in [3.05, 3.63) is 106 Å². The highest BCUT2D eigenvalue weighted by Crippen LogP contribution is 2.45. The minimum atomic E-state index is -0.524. The molecule has 6 aromatic rings. The van der Waals surface area contributed by atoms with Gasteiger partial charge in [0.15, 0.2) is 0 Å². The smallest absolute Gasteiger partial charge is 0.339 e. The first-order valence-corrected chi connectivity index (χ1v) is 11.7. The lowest BCUT2D eigenvalue weighted by atomic mass is 9.83. The van der Waals surface area contributed by atoms with Crippen LogP contribution in [0.25, 0.3) is 43.1 Å². The van der Waals surface area contributed by atoms with Gasteiger partial charge in [-0.2, -0.15) is 15.8 Å². The van der Waals surface area contributed by atoms with Crippen LogP contribution in [-0.4, -0.2) is 5.97 Å². The average molecular weight is 476 g/mol. The first-order valence-electron chi connectivity index (χ1n) is 11.7. The van der Waals surface area contributed by atoms with Crippen molar-refractivity contribution in [2.75, 3.05) is 0 Å². The summed E-state index contributed by atoms with van der Waals surface area (Å²) in [4.78, 5) is 13.3. The average Bonchev–Trinajstić information content (AvgIpc) is 2.94. The van der Waals surface area contributed by atoms with Gasteiger partial charge in [0, 0.05) is 21.5 Å². The molecule has 0 radical (unpaired) electrons. The van der Waals surface area contributed by atoms with Crippen LogP contribution in [0.3, 0.4) is 0 Å². The Kier molecular flexibility index (Phi) is 4.97. The van der Waals surface area contributed by atoms with Crippen molar-refractivity contribution in [2.45, 2.75) is 13.5 Å². The first kappa shape index (κ1) is 22.1. The molecule has 0 aliphatic heterocycles. The van der Waals surface area contributed by atoms with E-state index in [1.54, 1.807) is 18.2 Å². The van der Waals surface area contributed by atoms with E-state index in [4.69, 9.17) is 4.74 Å². The van der Waals surface area contributed by atoms with Gasteiger partial charge in [0.2, 0.25) is 0 Å². The quantitative estimate of drug-likeness (QED) is 0.156. The molecule has 172 valence electrons. The second-order valence-electron chi connectivity index (χ2n) is 9.00. The summed E-state index contributed by atoms with van der Waals surface area (Å²) in [6.45, 7) is 2.06. The summed E-state index contributed by atoms with van der Waals surface area (Å²) >= 11 is 0. The van der Waals surface area contributed by atoms with Crippen molar-refractivity contribution < 1.29 is 9.53 Å². The lowest BCUT2D eigenvalue weighted by Gasteiger charge is -2.19. The van der Waals surface area contributed by atoms with Crippen molar-refractivity contribution in [3.8, 4) is 18.2 Å². The fourth-order valence-corrected chi connectivity index (χ4v) is 5.41.